The number of ether oxygens (including phenoxy) is 2. The first-order chi connectivity index (χ1) is 11.7. The van der Waals surface area contributed by atoms with Crippen molar-refractivity contribution < 1.29 is 19.1 Å². The minimum Gasteiger partial charge on any atom is -0.469 e. The molecule has 4 aliphatic carbocycles. The quantitative estimate of drug-likeness (QED) is 0.682. The molecule has 0 radical (unpaired) electrons. The van der Waals surface area contributed by atoms with Gasteiger partial charge < -0.3 is 14.8 Å². The molecular formula is C19H21NO4. The van der Waals surface area contributed by atoms with Gasteiger partial charge in [-0.05, 0) is 29.7 Å². The highest BCUT2D eigenvalue weighted by Crippen LogP contribution is 2.61. The third kappa shape index (κ3) is 2.58. The fourth-order valence-electron chi connectivity index (χ4n) is 4.44. The van der Waals surface area contributed by atoms with Crippen molar-refractivity contribution in [3.8, 4) is 0 Å². The predicted octanol–water partition coefficient (Wildman–Crippen LogP) is 2.52. The van der Waals surface area contributed by atoms with Gasteiger partial charge in [-0.1, -0.05) is 42.5 Å². The summed E-state index contributed by atoms with van der Waals surface area (Å²) in [4.78, 5) is 24.5. The maximum Gasteiger partial charge on any atom is 0.407 e. The van der Waals surface area contributed by atoms with Crippen LogP contribution in [0.1, 0.15) is 12.0 Å². The topological polar surface area (TPSA) is 64.6 Å². The number of methoxy groups -OCH3 is 1. The highest BCUT2D eigenvalue weighted by atomic mass is 16.5. The van der Waals surface area contributed by atoms with Crippen LogP contribution in [-0.4, -0.2) is 25.2 Å². The molecule has 2 bridgehead atoms. The highest BCUT2D eigenvalue weighted by molar-refractivity contribution is 5.77. The molecule has 24 heavy (non-hydrogen) atoms. The Hall–Kier alpha value is -2.30. The number of rotatable bonds is 4. The van der Waals surface area contributed by atoms with Gasteiger partial charge in [-0.2, -0.15) is 0 Å². The molecule has 4 aliphatic rings. The number of carbonyl (C=O) groups excluding carboxylic acids is 2. The summed E-state index contributed by atoms with van der Waals surface area (Å²) in [6.45, 7) is 0.221. The molecule has 0 aromatic heterocycles. The third-order valence-electron chi connectivity index (χ3n) is 5.62. The van der Waals surface area contributed by atoms with Crippen LogP contribution in [0.15, 0.2) is 42.5 Å². The first-order valence-electron chi connectivity index (χ1n) is 8.42. The van der Waals surface area contributed by atoms with E-state index >= 15 is 0 Å². The normalized spacial score (nSPS) is 35.0. The van der Waals surface area contributed by atoms with Crippen LogP contribution in [0, 0.1) is 29.6 Å². The van der Waals surface area contributed by atoms with E-state index in [0.717, 1.165) is 12.0 Å². The van der Waals surface area contributed by atoms with Crippen LogP contribution in [0.5, 0.6) is 0 Å². The van der Waals surface area contributed by atoms with Gasteiger partial charge in [-0.25, -0.2) is 4.79 Å². The van der Waals surface area contributed by atoms with Crippen molar-refractivity contribution in [2.24, 2.45) is 29.6 Å². The summed E-state index contributed by atoms with van der Waals surface area (Å²) in [7, 11) is 1.41. The summed E-state index contributed by atoms with van der Waals surface area (Å²) in [6.07, 6.45) is 4.94. The van der Waals surface area contributed by atoms with Crippen molar-refractivity contribution >= 4 is 12.1 Å². The van der Waals surface area contributed by atoms with E-state index in [1.807, 2.05) is 30.3 Å². The van der Waals surface area contributed by atoms with E-state index in [4.69, 9.17) is 9.47 Å². The van der Waals surface area contributed by atoms with Gasteiger partial charge in [0.1, 0.15) is 6.61 Å². The summed E-state index contributed by atoms with van der Waals surface area (Å²) in [6, 6.07) is 9.31. The van der Waals surface area contributed by atoms with Crippen LogP contribution in [0.25, 0.3) is 0 Å². The number of fused-ring (bicyclic) bond motifs is 1. The molecule has 5 rings (SSSR count). The largest absolute Gasteiger partial charge is 0.469 e. The van der Waals surface area contributed by atoms with Crippen molar-refractivity contribution in [1.29, 1.82) is 0 Å². The number of esters is 1. The monoisotopic (exact) mass is 327 g/mol. The first kappa shape index (κ1) is 15.2. The molecule has 0 aliphatic heterocycles. The molecule has 0 spiro atoms. The third-order valence-corrected chi connectivity index (χ3v) is 5.62. The lowest BCUT2D eigenvalue weighted by Crippen LogP contribution is -2.55. The molecular weight excluding hydrogens is 306 g/mol. The Bertz CT molecular complexity index is 671. The number of hydrogen-bond donors (Lipinski definition) is 1. The van der Waals surface area contributed by atoms with Crippen molar-refractivity contribution in [2.75, 3.05) is 7.11 Å². The Morgan fingerprint density at radius 3 is 2.58 bits per heavy atom. The van der Waals surface area contributed by atoms with Crippen molar-refractivity contribution in [3.05, 3.63) is 48.0 Å². The van der Waals surface area contributed by atoms with Gasteiger partial charge in [-0.15, -0.1) is 0 Å². The number of allylic oxidation sites excluding steroid dienone is 1. The van der Waals surface area contributed by atoms with Crippen LogP contribution < -0.4 is 5.32 Å². The van der Waals surface area contributed by atoms with E-state index in [2.05, 4.69) is 17.5 Å². The van der Waals surface area contributed by atoms with E-state index in [-0.39, 0.29) is 36.4 Å². The molecule has 2 saturated carbocycles. The van der Waals surface area contributed by atoms with Crippen molar-refractivity contribution in [3.63, 3.8) is 0 Å². The molecule has 126 valence electrons. The fourth-order valence-corrected chi connectivity index (χ4v) is 4.44. The highest BCUT2D eigenvalue weighted by Gasteiger charge is 2.61. The van der Waals surface area contributed by atoms with Crippen LogP contribution >= 0.6 is 0 Å². The Morgan fingerprint density at radius 2 is 1.83 bits per heavy atom. The van der Waals surface area contributed by atoms with E-state index in [1.54, 1.807) is 0 Å². The zero-order valence-corrected chi connectivity index (χ0v) is 13.6. The number of hydrogen-bond acceptors (Lipinski definition) is 4. The first-order valence-corrected chi connectivity index (χ1v) is 8.42. The molecule has 1 N–H and O–H groups in total. The van der Waals surface area contributed by atoms with E-state index in [9.17, 15) is 9.59 Å². The van der Waals surface area contributed by atoms with Crippen LogP contribution in [0.3, 0.4) is 0 Å². The lowest BCUT2D eigenvalue weighted by atomic mass is 9.66. The molecule has 2 fully saturated rings. The van der Waals surface area contributed by atoms with Crippen molar-refractivity contribution in [1.82, 2.24) is 5.32 Å². The summed E-state index contributed by atoms with van der Waals surface area (Å²) in [5.74, 6) is 0.981. The molecule has 1 aromatic rings. The average Bonchev–Trinajstić information content (AvgIpc) is 3.42. The predicted molar refractivity (Wildman–Crippen MR) is 86.8 cm³/mol. The zero-order chi connectivity index (χ0) is 16.7. The van der Waals surface area contributed by atoms with Gasteiger partial charge in [-0.3, -0.25) is 4.79 Å². The molecule has 0 unspecified atom stereocenters. The van der Waals surface area contributed by atoms with Crippen LogP contribution in [0.2, 0.25) is 0 Å². The molecule has 1 amide bonds. The second-order valence-electron chi connectivity index (χ2n) is 6.88. The van der Waals surface area contributed by atoms with Gasteiger partial charge in [0.25, 0.3) is 0 Å². The fraction of sp³-hybridized carbons (Fsp3) is 0.474. The Balaban J connectivity index is 1.43. The minimum absolute atomic E-state index is 0.173. The summed E-state index contributed by atoms with van der Waals surface area (Å²) >= 11 is 0. The van der Waals surface area contributed by atoms with Gasteiger partial charge in [0.15, 0.2) is 0 Å². The second kappa shape index (κ2) is 5.96. The second-order valence-corrected chi connectivity index (χ2v) is 6.88. The molecule has 1 aromatic carbocycles. The number of amides is 1. The van der Waals surface area contributed by atoms with Crippen LogP contribution in [-0.2, 0) is 20.9 Å². The number of nitrogens with one attached hydrogen (secondary N) is 1. The molecule has 5 heteroatoms. The number of carbonyl (C=O) groups is 2. The Kier molecular flexibility index (Phi) is 3.79. The minimum atomic E-state index is -0.476. The van der Waals surface area contributed by atoms with Gasteiger partial charge >= 0.3 is 12.1 Å². The van der Waals surface area contributed by atoms with E-state index in [0.29, 0.717) is 11.8 Å². The number of benzene rings is 1. The zero-order valence-electron chi connectivity index (χ0n) is 13.6. The average molecular weight is 327 g/mol. The molecule has 6 atom stereocenters. The van der Waals surface area contributed by atoms with E-state index < -0.39 is 6.09 Å². The number of alkyl carbamates (subject to hydrolysis) is 1. The van der Waals surface area contributed by atoms with Gasteiger partial charge in [0, 0.05) is 5.92 Å². The maximum absolute atomic E-state index is 12.2. The van der Waals surface area contributed by atoms with Crippen LogP contribution in [0.4, 0.5) is 4.79 Å². The van der Waals surface area contributed by atoms with Gasteiger partial charge in [0.05, 0.1) is 19.1 Å². The Labute approximate surface area is 141 Å². The van der Waals surface area contributed by atoms with E-state index in [1.165, 1.54) is 7.11 Å². The van der Waals surface area contributed by atoms with Crippen molar-refractivity contribution in [2.45, 2.75) is 19.1 Å². The maximum atomic E-state index is 12.2. The standard InChI is InChI=1S/C19H21NO4/c1-23-18(21)16-12-7-8-13(15-9-14(12)15)17(16)20-19(22)24-10-11-5-3-2-4-6-11/h2-8,12-17H,9-10H2,1H3,(H,20,22)/t12-,13+,14+,15-,16-,17+/m0/s1. The SMILES string of the molecule is COC(=O)[C@H]1[C@H]2C=C[C@H]([C@@H]3C[C@H]23)[C@H]1NC(=O)OCc1ccccc1. The summed E-state index contributed by atoms with van der Waals surface area (Å²) < 4.78 is 10.3. The summed E-state index contributed by atoms with van der Waals surface area (Å²) in [5.41, 5.74) is 0.935. The lowest BCUT2D eigenvalue weighted by Gasteiger charge is -2.43. The van der Waals surface area contributed by atoms with Gasteiger partial charge in [0.2, 0.25) is 0 Å². The Morgan fingerprint density at radius 1 is 1.12 bits per heavy atom. The molecule has 5 nitrogen and oxygen atoms in total. The summed E-state index contributed by atoms with van der Waals surface area (Å²) in [5, 5.41) is 2.93. The smallest absolute Gasteiger partial charge is 0.407 e. The molecule has 0 saturated heterocycles. The molecule has 0 heterocycles. The lowest BCUT2D eigenvalue weighted by molar-refractivity contribution is -0.150.